The van der Waals surface area contributed by atoms with E-state index < -0.39 is 10.0 Å². The molecule has 0 aromatic heterocycles. The maximum Gasteiger partial charge on any atom is 0.242 e. The summed E-state index contributed by atoms with van der Waals surface area (Å²) in [5.41, 5.74) is 0.615. The zero-order valence-electron chi connectivity index (χ0n) is 12.4. The van der Waals surface area contributed by atoms with Crippen molar-refractivity contribution < 1.29 is 8.42 Å². The van der Waals surface area contributed by atoms with Gasteiger partial charge >= 0.3 is 0 Å². The lowest BCUT2D eigenvalue weighted by molar-refractivity contribution is 0.493. The first kappa shape index (κ1) is 15.3. The van der Waals surface area contributed by atoms with E-state index in [1.165, 1.54) is 12.8 Å². The van der Waals surface area contributed by atoms with Gasteiger partial charge in [0.05, 0.1) is 5.69 Å². The van der Waals surface area contributed by atoms with E-state index in [2.05, 4.69) is 23.9 Å². The van der Waals surface area contributed by atoms with Crippen LogP contribution in [0.15, 0.2) is 29.2 Å². The van der Waals surface area contributed by atoms with E-state index in [0.717, 1.165) is 6.42 Å². The monoisotopic (exact) mass is 296 g/mol. The largest absolute Gasteiger partial charge is 0.379 e. The molecule has 4 nitrogen and oxygen atoms in total. The van der Waals surface area contributed by atoms with Crippen molar-refractivity contribution in [2.24, 2.45) is 5.92 Å². The van der Waals surface area contributed by atoms with E-state index >= 15 is 0 Å². The average molecular weight is 296 g/mol. The van der Waals surface area contributed by atoms with Crippen molar-refractivity contribution >= 4 is 15.7 Å². The predicted octanol–water partition coefficient (Wildman–Crippen LogP) is 2.98. The Morgan fingerprint density at radius 2 is 1.90 bits per heavy atom. The van der Waals surface area contributed by atoms with Gasteiger partial charge in [0.15, 0.2) is 0 Å². The molecule has 1 fully saturated rings. The molecule has 0 heterocycles. The van der Waals surface area contributed by atoms with Crippen LogP contribution in [0.3, 0.4) is 0 Å². The van der Waals surface area contributed by atoms with Gasteiger partial charge in [-0.25, -0.2) is 13.1 Å². The van der Waals surface area contributed by atoms with Crippen LogP contribution in [0.25, 0.3) is 0 Å². The molecule has 2 rings (SSSR count). The number of para-hydroxylation sites is 1. The molecule has 1 aromatic rings. The van der Waals surface area contributed by atoms with Crippen molar-refractivity contribution in [3.63, 3.8) is 0 Å². The molecule has 1 aliphatic rings. The molecule has 0 unspecified atom stereocenters. The maximum atomic E-state index is 12.3. The van der Waals surface area contributed by atoms with E-state index in [4.69, 9.17) is 0 Å². The summed E-state index contributed by atoms with van der Waals surface area (Å²) < 4.78 is 27.3. The van der Waals surface area contributed by atoms with Crippen LogP contribution in [-0.4, -0.2) is 20.5 Å². The average Bonchev–Trinajstić information content (AvgIpc) is 3.21. The third-order valence-corrected chi connectivity index (χ3v) is 5.29. The predicted molar refractivity (Wildman–Crippen MR) is 82.3 cm³/mol. The summed E-state index contributed by atoms with van der Waals surface area (Å²) in [7, 11) is -3.44. The van der Waals surface area contributed by atoms with Gasteiger partial charge in [-0.05, 0) is 51.2 Å². The summed E-state index contributed by atoms with van der Waals surface area (Å²) in [4.78, 5) is 0.335. The second-order valence-electron chi connectivity index (χ2n) is 6.01. The van der Waals surface area contributed by atoms with Gasteiger partial charge in [0.1, 0.15) is 4.90 Å². The molecule has 112 valence electrons. The van der Waals surface area contributed by atoms with E-state index in [9.17, 15) is 8.42 Å². The SMILES string of the molecule is CCCNS(=O)(=O)c1ccccc1NC(C)(C)C1CC1. The van der Waals surface area contributed by atoms with Crippen LogP contribution >= 0.6 is 0 Å². The molecule has 1 aliphatic carbocycles. The molecule has 1 saturated carbocycles. The Hall–Kier alpha value is -1.07. The fraction of sp³-hybridized carbons (Fsp3) is 0.600. The van der Waals surface area contributed by atoms with Crippen molar-refractivity contribution in [2.45, 2.75) is 50.5 Å². The maximum absolute atomic E-state index is 12.3. The minimum Gasteiger partial charge on any atom is -0.379 e. The van der Waals surface area contributed by atoms with Crippen molar-refractivity contribution in [1.29, 1.82) is 0 Å². The van der Waals surface area contributed by atoms with Gasteiger partial charge in [0.2, 0.25) is 10.0 Å². The highest BCUT2D eigenvalue weighted by molar-refractivity contribution is 7.89. The molecule has 0 radical (unpaired) electrons. The molecular weight excluding hydrogens is 272 g/mol. The Kier molecular flexibility index (Phi) is 4.39. The van der Waals surface area contributed by atoms with Crippen molar-refractivity contribution in [3.8, 4) is 0 Å². The van der Waals surface area contributed by atoms with Crippen LogP contribution in [-0.2, 0) is 10.0 Å². The van der Waals surface area contributed by atoms with Crippen LogP contribution in [0, 0.1) is 5.92 Å². The molecular formula is C15H24N2O2S. The van der Waals surface area contributed by atoms with E-state index in [1.807, 2.05) is 19.1 Å². The Morgan fingerprint density at radius 3 is 2.50 bits per heavy atom. The Labute approximate surface area is 122 Å². The minimum atomic E-state index is -3.44. The number of nitrogens with one attached hydrogen (secondary N) is 2. The number of benzene rings is 1. The zero-order chi connectivity index (χ0) is 14.8. The molecule has 5 heteroatoms. The molecule has 2 N–H and O–H groups in total. The summed E-state index contributed by atoms with van der Waals surface area (Å²) in [6.45, 7) is 6.67. The quantitative estimate of drug-likeness (QED) is 0.813. The van der Waals surface area contributed by atoms with Gasteiger partial charge in [0, 0.05) is 12.1 Å². The number of hydrogen-bond acceptors (Lipinski definition) is 3. The topological polar surface area (TPSA) is 58.2 Å². The van der Waals surface area contributed by atoms with Crippen LogP contribution in [0.2, 0.25) is 0 Å². The fourth-order valence-electron chi connectivity index (χ4n) is 2.37. The fourth-order valence-corrected chi connectivity index (χ4v) is 3.67. The lowest BCUT2D eigenvalue weighted by Crippen LogP contribution is -2.34. The van der Waals surface area contributed by atoms with Gasteiger partial charge in [-0.15, -0.1) is 0 Å². The molecule has 1 aromatic carbocycles. The van der Waals surface area contributed by atoms with Crippen LogP contribution in [0.4, 0.5) is 5.69 Å². The highest BCUT2D eigenvalue weighted by Crippen LogP contribution is 2.41. The van der Waals surface area contributed by atoms with Crippen molar-refractivity contribution in [1.82, 2.24) is 4.72 Å². The van der Waals surface area contributed by atoms with E-state index in [0.29, 0.717) is 23.0 Å². The van der Waals surface area contributed by atoms with E-state index in [1.54, 1.807) is 12.1 Å². The number of anilines is 1. The first-order valence-electron chi connectivity index (χ1n) is 7.23. The number of sulfonamides is 1. The number of hydrogen-bond donors (Lipinski definition) is 2. The first-order chi connectivity index (χ1) is 9.37. The molecule has 0 amide bonds. The second-order valence-corrected chi connectivity index (χ2v) is 7.75. The van der Waals surface area contributed by atoms with Gasteiger partial charge in [-0.3, -0.25) is 0 Å². The molecule has 0 bridgehead atoms. The van der Waals surface area contributed by atoms with Gasteiger partial charge < -0.3 is 5.32 Å². The molecule has 20 heavy (non-hydrogen) atoms. The summed E-state index contributed by atoms with van der Waals surface area (Å²) in [6, 6.07) is 7.12. The lowest BCUT2D eigenvalue weighted by atomic mass is 9.98. The molecule has 0 atom stereocenters. The summed E-state index contributed by atoms with van der Waals surface area (Å²) in [6.07, 6.45) is 3.20. The molecule has 0 spiro atoms. The number of rotatable bonds is 7. The Morgan fingerprint density at radius 1 is 1.25 bits per heavy atom. The van der Waals surface area contributed by atoms with Crippen molar-refractivity contribution in [3.05, 3.63) is 24.3 Å². The smallest absolute Gasteiger partial charge is 0.242 e. The minimum absolute atomic E-state index is 0.0730. The van der Waals surface area contributed by atoms with Crippen molar-refractivity contribution in [2.75, 3.05) is 11.9 Å². The first-order valence-corrected chi connectivity index (χ1v) is 8.72. The second kappa shape index (κ2) is 5.74. The summed E-state index contributed by atoms with van der Waals surface area (Å²) >= 11 is 0. The normalized spacial score (nSPS) is 16.1. The van der Waals surface area contributed by atoms with Crippen LogP contribution in [0.1, 0.15) is 40.0 Å². The highest BCUT2D eigenvalue weighted by atomic mass is 32.2. The highest BCUT2D eigenvalue weighted by Gasteiger charge is 2.38. The molecule has 0 aliphatic heterocycles. The van der Waals surface area contributed by atoms with Crippen LogP contribution in [0.5, 0.6) is 0 Å². The standard InChI is InChI=1S/C15H24N2O2S/c1-4-11-16-20(18,19)14-8-6-5-7-13(14)17-15(2,3)12-9-10-12/h5-8,12,16-17H,4,9-11H2,1-3H3. The third kappa shape index (κ3) is 3.52. The summed E-state index contributed by atoms with van der Waals surface area (Å²) in [5, 5.41) is 3.41. The molecule has 0 saturated heterocycles. The van der Waals surface area contributed by atoms with Gasteiger partial charge in [0.25, 0.3) is 0 Å². The summed E-state index contributed by atoms with van der Waals surface area (Å²) in [5.74, 6) is 0.627. The third-order valence-electron chi connectivity index (χ3n) is 3.77. The Balaban J connectivity index is 2.26. The van der Waals surface area contributed by atoms with Gasteiger partial charge in [-0.1, -0.05) is 19.1 Å². The van der Waals surface area contributed by atoms with Gasteiger partial charge in [-0.2, -0.15) is 0 Å². The lowest BCUT2D eigenvalue weighted by Gasteiger charge is -2.28. The Bertz CT molecular complexity index is 563. The van der Waals surface area contributed by atoms with Crippen LogP contribution < -0.4 is 10.0 Å². The van der Waals surface area contributed by atoms with E-state index in [-0.39, 0.29) is 5.54 Å². The zero-order valence-corrected chi connectivity index (χ0v) is 13.3.